The van der Waals surface area contributed by atoms with E-state index in [2.05, 4.69) is 0 Å². The second kappa shape index (κ2) is 37.2. The molecule has 0 aliphatic heterocycles. The summed E-state index contributed by atoms with van der Waals surface area (Å²) in [6.45, 7) is 5.61. The summed E-state index contributed by atoms with van der Waals surface area (Å²) in [6.07, 6.45) is -1.17. The number of carbonyl (C=O) groups is 4. The second-order valence-corrected chi connectivity index (χ2v) is 2.71. The molecule has 0 aliphatic rings. The molecule has 0 saturated carbocycles. The predicted octanol–water partition coefficient (Wildman–Crippen LogP) is -1.62. The Kier molecular flexibility index (Phi) is 72.9. The van der Waals surface area contributed by atoms with E-state index in [0.717, 1.165) is 27.7 Å². The van der Waals surface area contributed by atoms with Crippen LogP contribution in [0.4, 0.5) is 0 Å². The third kappa shape index (κ3) is 175000. The molecule has 0 atom stereocenters. The number of aliphatic hydroxyl groups is 2. The van der Waals surface area contributed by atoms with Gasteiger partial charge in [-0.05, 0) is 6.92 Å². The Balaban J connectivity index is -0.0000000250. The Hall–Kier alpha value is -0.200. The van der Waals surface area contributed by atoms with Crippen molar-refractivity contribution in [3.63, 3.8) is 0 Å². The molecule has 0 unspecified atom stereocenters. The molecule has 22 heavy (non-hydrogen) atoms. The van der Waals surface area contributed by atoms with Crippen LogP contribution < -0.4 is 0 Å². The number of aliphatic hydroxyl groups excluding tert-OH is 1. The van der Waals surface area contributed by atoms with Gasteiger partial charge < -0.3 is 30.6 Å². The van der Waals surface area contributed by atoms with E-state index < -0.39 is 30.2 Å². The predicted molar refractivity (Wildman–Crippen MR) is 81.4 cm³/mol. The van der Waals surface area contributed by atoms with Crippen LogP contribution in [0, 0.1) is 0 Å². The molecule has 0 aromatic heterocycles. The van der Waals surface area contributed by atoms with E-state index in [4.69, 9.17) is 49.8 Å². The zero-order valence-electron chi connectivity index (χ0n) is 11.9. The van der Waals surface area contributed by atoms with Gasteiger partial charge in [-0.1, -0.05) is 0 Å². The van der Waals surface area contributed by atoms with Crippen LogP contribution in [0.2, 0.25) is 0 Å². The zero-order valence-corrected chi connectivity index (χ0v) is 11.9. The Morgan fingerprint density at radius 1 is 0.591 bits per heavy atom. The molecule has 0 spiro atoms. The van der Waals surface area contributed by atoms with Gasteiger partial charge in [-0.3, -0.25) is 19.2 Å². The van der Waals surface area contributed by atoms with Crippen molar-refractivity contribution in [1.29, 1.82) is 0 Å². The summed E-state index contributed by atoms with van der Waals surface area (Å²) in [7, 11) is 0. The van der Waals surface area contributed by atoms with Crippen LogP contribution in [0.25, 0.3) is 0 Å². The molecule has 0 bridgehead atoms. The van der Waals surface area contributed by atoms with Crippen molar-refractivity contribution in [2.45, 2.75) is 40.9 Å². The van der Waals surface area contributed by atoms with Crippen molar-refractivity contribution in [1.82, 2.24) is 0 Å². The van der Waals surface area contributed by atoms with Crippen LogP contribution >= 0.6 is 0 Å². The molecule has 0 radical (unpaired) electrons. The first-order chi connectivity index (χ1) is 8.66. The van der Waals surface area contributed by atoms with Crippen molar-refractivity contribution in [3.05, 3.63) is 0 Å². The summed E-state index contributed by atoms with van der Waals surface area (Å²) in [5.41, 5.74) is 0. The molecule has 0 fully saturated rings. The monoisotopic (exact) mass is 350 g/mol. The number of hydrogen-bond acceptors (Lipinski definition) is 6. The van der Waals surface area contributed by atoms with Gasteiger partial charge in [-0.15, -0.1) is 0 Å². The third-order valence-electron chi connectivity index (χ3n) is 0. The van der Waals surface area contributed by atoms with Gasteiger partial charge >= 0.3 is 59.1 Å². The first kappa shape index (κ1) is 43.1. The molecular weight excluding hydrogens is 326 g/mol. The van der Waals surface area contributed by atoms with Gasteiger partial charge in [-0.2, -0.15) is 0 Å². The number of rotatable bonds is 0. The molecule has 0 aromatic rings. The topological polar surface area (TPSA) is 190 Å². The normalized spacial score (nSPS) is 6.18. The van der Waals surface area contributed by atoms with Crippen molar-refractivity contribution >= 4 is 83.0 Å². The molecule has 0 rings (SSSR count). The van der Waals surface area contributed by atoms with Crippen LogP contribution in [0.1, 0.15) is 34.6 Å². The number of carboxylic acids is 4. The van der Waals surface area contributed by atoms with E-state index in [1.54, 1.807) is 0 Å². The fourth-order valence-corrected chi connectivity index (χ4v) is 0. The van der Waals surface area contributed by atoms with Gasteiger partial charge in [0.05, 0.1) is 0 Å². The fraction of sp³-hybridized carbons (Fsp3) is 0.600. The number of aliphatic carboxylic acids is 4. The Morgan fingerprint density at radius 3 is 0.591 bits per heavy atom. The van der Waals surface area contributed by atoms with Gasteiger partial charge in [-0.25, -0.2) is 0 Å². The molecule has 12 heteroatoms. The van der Waals surface area contributed by atoms with Gasteiger partial charge in [0.25, 0.3) is 23.9 Å². The van der Waals surface area contributed by atoms with E-state index in [1.807, 2.05) is 0 Å². The van der Waals surface area contributed by atoms with E-state index in [9.17, 15) is 0 Å². The van der Waals surface area contributed by atoms with Gasteiger partial charge in [0, 0.05) is 27.7 Å². The molecule has 6 N–H and O–H groups in total. The van der Waals surface area contributed by atoms with Crippen LogP contribution in [-0.4, -0.2) is 120 Å². The minimum absolute atomic E-state index is 0. The summed E-state index contributed by atoms with van der Waals surface area (Å²) in [5, 5.41) is 44.9. The van der Waals surface area contributed by atoms with Crippen molar-refractivity contribution in [2.24, 2.45) is 0 Å². The quantitative estimate of drug-likeness (QED) is 0.219. The molecule has 0 amide bonds. The van der Waals surface area contributed by atoms with Crippen molar-refractivity contribution < 1.29 is 49.8 Å². The Bertz CT molecular complexity index is 202. The minimum atomic E-state index is -1.17. The molecule has 126 valence electrons. The average Bonchev–Trinajstić information content (AvgIpc) is 1.94. The molecule has 0 aromatic carbocycles. The number of carboxylic acid groups (broad SMARTS) is 4. The van der Waals surface area contributed by atoms with E-state index in [-0.39, 0.29) is 59.1 Å². The Morgan fingerprint density at radius 2 is 0.591 bits per heavy atom. The van der Waals surface area contributed by atoms with E-state index >= 15 is 0 Å². The average molecular weight is 350 g/mol. The summed E-state index contributed by atoms with van der Waals surface area (Å²) < 4.78 is 0. The van der Waals surface area contributed by atoms with Crippen LogP contribution in [0.15, 0.2) is 0 Å². The molecular formula is C10H24Na2O10. The van der Waals surface area contributed by atoms with Crippen LogP contribution in [-0.2, 0) is 19.2 Å². The number of hydrogen-bond donors (Lipinski definition) is 6. The SMILES string of the molecule is CC(=O)O.CC(=O)O.CC(=O)O.CC(=O)O.CC(O)O.[NaH].[NaH]. The molecule has 10 nitrogen and oxygen atoms in total. The van der Waals surface area contributed by atoms with Gasteiger partial charge in [0.15, 0.2) is 0 Å². The van der Waals surface area contributed by atoms with Crippen molar-refractivity contribution in [3.8, 4) is 0 Å². The van der Waals surface area contributed by atoms with Gasteiger partial charge in [0.1, 0.15) is 6.29 Å². The van der Waals surface area contributed by atoms with Crippen molar-refractivity contribution in [2.75, 3.05) is 0 Å². The second-order valence-electron chi connectivity index (χ2n) is 2.71. The van der Waals surface area contributed by atoms with Crippen LogP contribution in [0.3, 0.4) is 0 Å². The third-order valence-corrected chi connectivity index (χ3v) is 0. The summed E-state index contributed by atoms with van der Waals surface area (Å²) in [5.74, 6) is -3.33. The molecule has 0 saturated heterocycles. The molecule has 0 heterocycles. The Labute approximate surface area is 172 Å². The first-order valence-electron chi connectivity index (χ1n) is 4.80. The van der Waals surface area contributed by atoms with E-state index in [0.29, 0.717) is 0 Å². The summed E-state index contributed by atoms with van der Waals surface area (Å²) in [4.78, 5) is 36.0. The molecule has 0 aliphatic carbocycles. The maximum atomic E-state index is 9.00. The standard InChI is InChI=1S/C2H6O2.4C2H4O2.2Na.2H/c5*1-2(3)4;;;;/h2-4H,1H3;4*1H3,(H,3,4);;;;. The zero-order chi connectivity index (χ0) is 17.9. The fourth-order valence-electron chi connectivity index (χ4n) is 0. The van der Waals surface area contributed by atoms with Crippen LogP contribution in [0.5, 0.6) is 0 Å². The van der Waals surface area contributed by atoms with E-state index in [1.165, 1.54) is 6.92 Å². The summed E-state index contributed by atoms with van der Waals surface area (Å²) in [6, 6.07) is 0. The summed E-state index contributed by atoms with van der Waals surface area (Å²) >= 11 is 0. The first-order valence-corrected chi connectivity index (χ1v) is 4.80. The van der Waals surface area contributed by atoms with Gasteiger partial charge in [0.2, 0.25) is 0 Å². The maximum absolute atomic E-state index is 9.00.